The molecule has 0 saturated carbocycles. The van der Waals surface area contributed by atoms with E-state index in [1.165, 1.54) is 36.1 Å². The third-order valence-electron chi connectivity index (χ3n) is 3.86. The topological polar surface area (TPSA) is 15.3 Å². The second-order valence-electron chi connectivity index (χ2n) is 5.87. The van der Waals surface area contributed by atoms with Crippen LogP contribution in [0.1, 0.15) is 37.8 Å². The van der Waals surface area contributed by atoms with Gasteiger partial charge in [0.15, 0.2) is 0 Å². The lowest BCUT2D eigenvalue weighted by molar-refractivity contribution is 0.282. The summed E-state index contributed by atoms with van der Waals surface area (Å²) >= 11 is 0. The van der Waals surface area contributed by atoms with E-state index in [0.29, 0.717) is 0 Å². The standard InChI is InChI=1S/C18H28N2/c1-3-11-19-12-10-17-6-8-18(9-7-17)15-20-13-4-5-16(2)14-20/h5-9,19H,3-4,10-15H2,1-2H3. The molecule has 0 radical (unpaired) electrons. The van der Waals surface area contributed by atoms with Gasteiger partial charge in [0.1, 0.15) is 0 Å². The van der Waals surface area contributed by atoms with Gasteiger partial charge in [-0.05, 0) is 50.4 Å². The van der Waals surface area contributed by atoms with Crippen molar-refractivity contribution in [3.8, 4) is 0 Å². The Kier molecular flexibility index (Phi) is 6.28. The quantitative estimate of drug-likeness (QED) is 0.604. The molecule has 1 N–H and O–H groups in total. The van der Waals surface area contributed by atoms with E-state index in [-0.39, 0.29) is 0 Å². The molecule has 0 aromatic heterocycles. The molecule has 1 aromatic carbocycles. The van der Waals surface area contributed by atoms with Crippen LogP contribution in [0.4, 0.5) is 0 Å². The molecular weight excluding hydrogens is 244 g/mol. The van der Waals surface area contributed by atoms with Crippen molar-refractivity contribution in [2.24, 2.45) is 0 Å². The van der Waals surface area contributed by atoms with Crippen LogP contribution >= 0.6 is 0 Å². The highest BCUT2D eigenvalue weighted by molar-refractivity contribution is 5.23. The van der Waals surface area contributed by atoms with Crippen LogP contribution in [0.2, 0.25) is 0 Å². The Hall–Kier alpha value is -1.12. The molecule has 0 saturated heterocycles. The Labute approximate surface area is 123 Å². The van der Waals surface area contributed by atoms with Crippen molar-refractivity contribution in [2.45, 2.75) is 39.7 Å². The second-order valence-corrected chi connectivity index (χ2v) is 5.87. The molecule has 2 rings (SSSR count). The number of benzene rings is 1. The summed E-state index contributed by atoms with van der Waals surface area (Å²) in [5.41, 5.74) is 4.38. The van der Waals surface area contributed by atoms with Gasteiger partial charge >= 0.3 is 0 Å². The van der Waals surface area contributed by atoms with Crippen LogP contribution in [0.3, 0.4) is 0 Å². The molecule has 1 heterocycles. The average Bonchev–Trinajstić information content (AvgIpc) is 2.45. The lowest BCUT2D eigenvalue weighted by atomic mass is 10.1. The first kappa shape index (κ1) is 15.3. The van der Waals surface area contributed by atoms with Crippen molar-refractivity contribution in [2.75, 3.05) is 26.2 Å². The summed E-state index contributed by atoms with van der Waals surface area (Å²) in [4.78, 5) is 2.53. The van der Waals surface area contributed by atoms with Crippen LogP contribution < -0.4 is 5.32 Å². The zero-order valence-corrected chi connectivity index (χ0v) is 13.0. The zero-order chi connectivity index (χ0) is 14.2. The molecule has 2 heteroatoms. The second kappa shape index (κ2) is 8.23. The van der Waals surface area contributed by atoms with Gasteiger partial charge in [-0.25, -0.2) is 0 Å². The van der Waals surface area contributed by atoms with Gasteiger partial charge < -0.3 is 5.32 Å². The Bertz CT molecular complexity index is 420. The largest absolute Gasteiger partial charge is 0.316 e. The Morgan fingerprint density at radius 1 is 1.10 bits per heavy atom. The van der Waals surface area contributed by atoms with Crippen molar-refractivity contribution >= 4 is 0 Å². The van der Waals surface area contributed by atoms with E-state index < -0.39 is 0 Å². The number of hydrogen-bond acceptors (Lipinski definition) is 2. The summed E-state index contributed by atoms with van der Waals surface area (Å²) in [5.74, 6) is 0. The molecule has 0 fully saturated rings. The van der Waals surface area contributed by atoms with Gasteiger partial charge in [-0.15, -0.1) is 0 Å². The van der Waals surface area contributed by atoms with Gasteiger partial charge in [0, 0.05) is 19.6 Å². The maximum Gasteiger partial charge on any atom is 0.0237 e. The fourth-order valence-electron chi connectivity index (χ4n) is 2.73. The van der Waals surface area contributed by atoms with Crippen LogP contribution in [-0.4, -0.2) is 31.1 Å². The lowest BCUT2D eigenvalue weighted by Gasteiger charge is -2.26. The van der Waals surface area contributed by atoms with Crippen LogP contribution in [-0.2, 0) is 13.0 Å². The van der Waals surface area contributed by atoms with Crippen molar-refractivity contribution < 1.29 is 0 Å². The third kappa shape index (κ3) is 5.10. The molecule has 1 aliphatic rings. The highest BCUT2D eigenvalue weighted by Gasteiger charge is 2.09. The molecular formula is C18H28N2. The molecule has 0 spiro atoms. The monoisotopic (exact) mass is 272 g/mol. The molecule has 0 atom stereocenters. The van der Waals surface area contributed by atoms with Crippen LogP contribution in [0, 0.1) is 0 Å². The van der Waals surface area contributed by atoms with Gasteiger partial charge in [-0.2, -0.15) is 0 Å². The molecule has 110 valence electrons. The summed E-state index contributed by atoms with van der Waals surface area (Å²) in [6.07, 6.45) is 5.91. The maximum absolute atomic E-state index is 3.45. The SMILES string of the molecule is CCCNCCc1ccc(CN2CCC=C(C)C2)cc1. The normalized spacial score (nSPS) is 16.2. The number of nitrogens with one attached hydrogen (secondary N) is 1. The highest BCUT2D eigenvalue weighted by Crippen LogP contribution is 2.13. The molecule has 20 heavy (non-hydrogen) atoms. The van der Waals surface area contributed by atoms with E-state index in [4.69, 9.17) is 0 Å². The molecule has 0 amide bonds. The fraction of sp³-hybridized carbons (Fsp3) is 0.556. The average molecular weight is 272 g/mol. The number of hydrogen-bond donors (Lipinski definition) is 1. The fourth-order valence-corrected chi connectivity index (χ4v) is 2.73. The minimum atomic E-state index is 1.08. The van der Waals surface area contributed by atoms with Crippen molar-refractivity contribution in [1.82, 2.24) is 10.2 Å². The van der Waals surface area contributed by atoms with Crippen LogP contribution in [0.5, 0.6) is 0 Å². The summed E-state index contributed by atoms with van der Waals surface area (Å²) in [6.45, 7) is 10.1. The summed E-state index contributed by atoms with van der Waals surface area (Å²) in [6, 6.07) is 9.16. The van der Waals surface area contributed by atoms with E-state index in [2.05, 4.69) is 54.4 Å². The van der Waals surface area contributed by atoms with E-state index in [1.54, 1.807) is 0 Å². The Balaban J connectivity index is 1.78. The number of rotatable bonds is 7. The van der Waals surface area contributed by atoms with E-state index in [9.17, 15) is 0 Å². The van der Waals surface area contributed by atoms with Crippen molar-refractivity contribution in [1.29, 1.82) is 0 Å². The van der Waals surface area contributed by atoms with E-state index in [1.807, 2.05) is 0 Å². The minimum Gasteiger partial charge on any atom is -0.316 e. The first-order valence-electron chi connectivity index (χ1n) is 7.94. The van der Waals surface area contributed by atoms with Gasteiger partial charge in [0.25, 0.3) is 0 Å². The molecule has 1 aromatic rings. The Morgan fingerprint density at radius 2 is 1.85 bits per heavy atom. The van der Waals surface area contributed by atoms with Crippen molar-refractivity contribution in [3.63, 3.8) is 0 Å². The third-order valence-corrected chi connectivity index (χ3v) is 3.86. The van der Waals surface area contributed by atoms with E-state index in [0.717, 1.165) is 32.6 Å². The Morgan fingerprint density at radius 3 is 2.55 bits per heavy atom. The predicted molar refractivity (Wildman–Crippen MR) is 87.0 cm³/mol. The van der Waals surface area contributed by atoms with Gasteiger partial charge in [0.2, 0.25) is 0 Å². The first-order valence-corrected chi connectivity index (χ1v) is 7.94. The van der Waals surface area contributed by atoms with Gasteiger partial charge in [-0.1, -0.05) is 42.8 Å². The first-order chi connectivity index (χ1) is 9.78. The number of nitrogens with zero attached hydrogens (tertiary/aromatic N) is 1. The summed E-state index contributed by atoms with van der Waals surface area (Å²) in [5, 5.41) is 3.45. The van der Waals surface area contributed by atoms with Gasteiger partial charge in [0.05, 0.1) is 0 Å². The van der Waals surface area contributed by atoms with Crippen LogP contribution in [0.25, 0.3) is 0 Å². The van der Waals surface area contributed by atoms with Gasteiger partial charge in [-0.3, -0.25) is 4.90 Å². The predicted octanol–water partition coefficient (Wildman–Crippen LogP) is 3.38. The minimum absolute atomic E-state index is 1.08. The summed E-state index contributed by atoms with van der Waals surface area (Å²) < 4.78 is 0. The zero-order valence-electron chi connectivity index (χ0n) is 13.0. The maximum atomic E-state index is 3.45. The lowest BCUT2D eigenvalue weighted by Crippen LogP contribution is -2.28. The molecule has 0 bridgehead atoms. The highest BCUT2D eigenvalue weighted by atomic mass is 15.1. The van der Waals surface area contributed by atoms with E-state index >= 15 is 0 Å². The molecule has 1 aliphatic heterocycles. The molecule has 0 aliphatic carbocycles. The van der Waals surface area contributed by atoms with Crippen molar-refractivity contribution in [3.05, 3.63) is 47.0 Å². The summed E-state index contributed by atoms with van der Waals surface area (Å²) in [7, 11) is 0. The molecule has 2 nitrogen and oxygen atoms in total. The smallest absolute Gasteiger partial charge is 0.0237 e. The molecule has 0 unspecified atom stereocenters. The van der Waals surface area contributed by atoms with Crippen LogP contribution in [0.15, 0.2) is 35.9 Å².